The predicted octanol–water partition coefficient (Wildman–Crippen LogP) is 4.66. The highest BCUT2D eigenvalue weighted by molar-refractivity contribution is 5.81. The van der Waals surface area contributed by atoms with E-state index in [2.05, 4.69) is 20.8 Å². The van der Waals surface area contributed by atoms with Crippen LogP contribution in [0.15, 0.2) is 57.7 Å². The van der Waals surface area contributed by atoms with Gasteiger partial charge in [0.15, 0.2) is 12.4 Å². The van der Waals surface area contributed by atoms with Crippen LogP contribution in [0.4, 0.5) is 0 Å². The van der Waals surface area contributed by atoms with Gasteiger partial charge in [-0.3, -0.25) is 4.79 Å². The minimum Gasteiger partial charge on any atom is -0.471 e. The normalized spacial score (nSPS) is 11.3. The fraction of sp³-hybridized carbons (Fsp3) is 0.238. The first-order chi connectivity index (χ1) is 11.9. The molecule has 0 fully saturated rings. The molecule has 0 N–H and O–H groups in total. The Balaban J connectivity index is 2.20. The monoisotopic (exact) mass is 333 g/mol. The molecule has 1 aromatic heterocycles. The number of nitrogens with zero attached hydrogens (tertiary/aromatic N) is 1. The van der Waals surface area contributed by atoms with Crippen LogP contribution in [0.1, 0.15) is 26.3 Å². The highest BCUT2D eigenvalue weighted by Gasteiger charge is 2.19. The number of benzene rings is 2. The second kappa shape index (κ2) is 6.45. The van der Waals surface area contributed by atoms with Crippen molar-refractivity contribution in [3.05, 3.63) is 64.3 Å². The van der Waals surface area contributed by atoms with Crippen LogP contribution in [-0.4, -0.2) is 6.61 Å². The van der Waals surface area contributed by atoms with Gasteiger partial charge in [-0.05, 0) is 23.1 Å². The van der Waals surface area contributed by atoms with Gasteiger partial charge in [0, 0.05) is 5.56 Å². The molecule has 0 spiro atoms. The molecule has 0 aliphatic heterocycles. The van der Waals surface area contributed by atoms with Gasteiger partial charge in [-0.1, -0.05) is 57.2 Å². The third-order valence-electron chi connectivity index (χ3n) is 4.05. The van der Waals surface area contributed by atoms with E-state index in [-0.39, 0.29) is 23.2 Å². The van der Waals surface area contributed by atoms with Crippen molar-refractivity contribution in [1.82, 2.24) is 0 Å². The van der Waals surface area contributed by atoms with Crippen LogP contribution in [-0.2, 0) is 5.41 Å². The number of hydrogen-bond donors (Lipinski definition) is 0. The van der Waals surface area contributed by atoms with Gasteiger partial charge >= 0.3 is 0 Å². The number of para-hydroxylation sites is 1. The molecule has 4 nitrogen and oxygen atoms in total. The molecule has 2 aromatic carbocycles. The maximum Gasteiger partial charge on any atom is 0.235 e. The summed E-state index contributed by atoms with van der Waals surface area (Å²) in [6, 6.07) is 16.8. The van der Waals surface area contributed by atoms with Gasteiger partial charge in [-0.2, -0.15) is 5.26 Å². The SMILES string of the molecule is CC(C)(C)c1ccc(-c2oc3ccccc3c(=O)c2OCC#N)cc1. The highest BCUT2D eigenvalue weighted by atomic mass is 16.5. The molecule has 0 aliphatic carbocycles. The molecule has 4 heteroatoms. The minimum atomic E-state index is -0.271. The van der Waals surface area contributed by atoms with Gasteiger partial charge in [-0.25, -0.2) is 0 Å². The van der Waals surface area contributed by atoms with Crippen molar-refractivity contribution in [2.24, 2.45) is 0 Å². The molecule has 1 heterocycles. The lowest BCUT2D eigenvalue weighted by molar-refractivity contribution is 0.356. The predicted molar refractivity (Wildman–Crippen MR) is 97.7 cm³/mol. The van der Waals surface area contributed by atoms with E-state index in [1.165, 1.54) is 5.56 Å². The van der Waals surface area contributed by atoms with Crippen molar-refractivity contribution in [3.8, 4) is 23.1 Å². The Hall–Kier alpha value is -3.06. The van der Waals surface area contributed by atoms with Crippen LogP contribution in [0.3, 0.4) is 0 Å². The summed E-state index contributed by atoms with van der Waals surface area (Å²) in [5, 5.41) is 9.25. The first-order valence-electron chi connectivity index (χ1n) is 8.08. The molecule has 0 bridgehead atoms. The Morgan fingerprint density at radius 2 is 1.76 bits per heavy atom. The fourth-order valence-corrected chi connectivity index (χ4v) is 2.67. The van der Waals surface area contributed by atoms with E-state index in [0.717, 1.165) is 5.56 Å². The number of rotatable bonds is 3. The molecule has 3 aromatic rings. The van der Waals surface area contributed by atoms with Crippen molar-refractivity contribution in [2.45, 2.75) is 26.2 Å². The molecule has 0 aliphatic rings. The van der Waals surface area contributed by atoms with Gasteiger partial charge in [-0.15, -0.1) is 0 Å². The lowest BCUT2D eigenvalue weighted by Crippen LogP contribution is -2.11. The van der Waals surface area contributed by atoms with Gasteiger partial charge in [0.1, 0.15) is 11.7 Å². The van der Waals surface area contributed by atoms with Gasteiger partial charge in [0.05, 0.1) is 5.39 Å². The Bertz CT molecular complexity index is 1000. The molecule has 25 heavy (non-hydrogen) atoms. The first kappa shape index (κ1) is 16.8. The quantitative estimate of drug-likeness (QED) is 0.699. The van der Waals surface area contributed by atoms with E-state index in [1.807, 2.05) is 36.4 Å². The third-order valence-corrected chi connectivity index (χ3v) is 4.05. The zero-order valence-corrected chi connectivity index (χ0v) is 14.5. The molecular formula is C21H19NO3. The second-order valence-corrected chi connectivity index (χ2v) is 6.86. The topological polar surface area (TPSA) is 63.2 Å². The van der Waals surface area contributed by atoms with Crippen molar-refractivity contribution in [2.75, 3.05) is 6.61 Å². The summed E-state index contributed by atoms with van der Waals surface area (Å²) in [7, 11) is 0. The smallest absolute Gasteiger partial charge is 0.235 e. The lowest BCUT2D eigenvalue weighted by Gasteiger charge is -2.19. The molecule has 0 saturated heterocycles. The Morgan fingerprint density at radius 1 is 1.08 bits per heavy atom. The molecular weight excluding hydrogens is 314 g/mol. The summed E-state index contributed by atoms with van der Waals surface area (Å²) in [4.78, 5) is 12.8. The van der Waals surface area contributed by atoms with Crippen LogP contribution in [0.2, 0.25) is 0 Å². The zero-order valence-electron chi connectivity index (χ0n) is 14.5. The highest BCUT2D eigenvalue weighted by Crippen LogP contribution is 2.32. The molecule has 0 atom stereocenters. The Kier molecular flexibility index (Phi) is 4.33. The van der Waals surface area contributed by atoms with E-state index >= 15 is 0 Å². The molecule has 0 unspecified atom stereocenters. The third kappa shape index (κ3) is 3.27. The van der Waals surface area contributed by atoms with E-state index in [9.17, 15) is 4.79 Å². The summed E-state index contributed by atoms with van der Waals surface area (Å²) >= 11 is 0. The summed E-state index contributed by atoms with van der Waals surface area (Å²) in [6.07, 6.45) is 0. The fourth-order valence-electron chi connectivity index (χ4n) is 2.67. The van der Waals surface area contributed by atoms with Crippen molar-refractivity contribution in [3.63, 3.8) is 0 Å². The lowest BCUT2D eigenvalue weighted by atomic mass is 9.86. The second-order valence-electron chi connectivity index (χ2n) is 6.86. The molecule has 126 valence electrons. The van der Waals surface area contributed by atoms with Crippen LogP contribution in [0.25, 0.3) is 22.3 Å². The van der Waals surface area contributed by atoms with Crippen molar-refractivity contribution in [1.29, 1.82) is 5.26 Å². The Morgan fingerprint density at radius 3 is 2.40 bits per heavy atom. The zero-order chi connectivity index (χ0) is 18.0. The van der Waals surface area contributed by atoms with Gasteiger partial charge in [0.2, 0.25) is 11.2 Å². The van der Waals surface area contributed by atoms with E-state index in [4.69, 9.17) is 14.4 Å². The Labute approximate surface area is 146 Å². The van der Waals surface area contributed by atoms with E-state index in [0.29, 0.717) is 16.7 Å². The summed E-state index contributed by atoms with van der Waals surface area (Å²) in [5.41, 5.74) is 2.17. The van der Waals surface area contributed by atoms with Gasteiger partial charge in [0.25, 0.3) is 0 Å². The summed E-state index contributed by atoms with van der Waals surface area (Å²) in [6.45, 7) is 6.20. The van der Waals surface area contributed by atoms with Crippen LogP contribution in [0.5, 0.6) is 5.75 Å². The maximum atomic E-state index is 12.8. The summed E-state index contributed by atoms with van der Waals surface area (Å²) in [5.74, 6) is 0.420. The number of nitriles is 1. The van der Waals surface area contributed by atoms with Crippen LogP contribution in [0, 0.1) is 11.3 Å². The van der Waals surface area contributed by atoms with E-state index in [1.54, 1.807) is 18.2 Å². The average molecular weight is 333 g/mol. The number of hydrogen-bond acceptors (Lipinski definition) is 4. The van der Waals surface area contributed by atoms with Crippen LogP contribution >= 0.6 is 0 Å². The molecule has 0 amide bonds. The molecule has 3 rings (SSSR count). The molecule has 0 radical (unpaired) electrons. The molecule has 0 saturated carbocycles. The first-order valence-corrected chi connectivity index (χ1v) is 8.08. The van der Waals surface area contributed by atoms with E-state index < -0.39 is 0 Å². The number of ether oxygens (including phenoxy) is 1. The average Bonchev–Trinajstić information content (AvgIpc) is 2.60. The standard InChI is InChI=1S/C21H19NO3/c1-21(2,3)15-10-8-14(9-11-15)19-20(24-13-12-22)18(23)16-6-4-5-7-17(16)25-19/h4-11H,13H2,1-3H3. The largest absolute Gasteiger partial charge is 0.471 e. The minimum absolute atomic E-state index is 0.0306. The summed E-state index contributed by atoms with van der Waals surface area (Å²) < 4.78 is 11.4. The van der Waals surface area contributed by atoms with Crippen LogP contribution < -0.4 is 10.2 Å². The maximum absolute atomic E-state index is 12.8. The van der Waals surface area contributed by atoms with Gasteiger partial charge < -0.3 is 9.15 Å². The number of fused-ring (bicyclic) bond motifs is 1. The van der Waals surface area contributed by atoms with Crippen molar-refractivity contribution < 1.29 is 9.15 Å². The van der Waals surface area contributed by atoms with Crippen molar-refractivity contribution >= 4 is 11.0 Å².